The van der Waals surface area contributed by atoms with Crippen LogP contribution in [0.4, 0.5) is 10.8 Å². The number of hydrogen-bond donors (Lipinski definition) is 2. The number of amides is 2. The van der Waals surface area contributed by atoms with E-state index in [9.17, 15) is 9.59 Å². The summed E-state index contributed by atoms with van der Waals surface area (Å²) in [5.74, 6) is 0.879. The maximum atomic E-state index is 12.4. The van der Waals surface area contributed by atoms with Gasteiger partial charge >= 0.3 is 0 Å². The van der Waals surface area contributed by atoms with Crippen molar-refractivity contribution in [2.24, 2.45) is 0 Å². The molecule has 0 saturated heterocycles. The summed E-state index contributed by atoms with van der Waals surface area (Å²) in [6.45, 7) is 1.70. The van der Waals surface area contributed by atoms with Crippen LogP contribution in [-0.2, 0) is 4.79 Å². The van der Waals surface area contributed by atoms with Gasteiger partial charge < -0.3 is 14.8 Å². The van der Waals surface area contributed by atoms with E-state index in [-0.39, 0.29) is 11.8 Å². The number of ether oxygens (including phenoxy) is 2. The van der Waals surface area contributed by atoms with Gasteiger partial charge in [-0.15, -0.1) is 11.3 Å². The van der Waals surface area contributed by atoms with Crippen LogP contribution >= 0.6 is 11.3 Å². The number of nitrogens with zero attached hydrogens (tertiary/aromatic N) is 1. The number of thiazole rings is 1. The van der Waals surface area contributed by atoms with E-state index < -0.39 is 6.10 Å². The van der Waals surface area contributed by atoms with Gasteiger partial charge in [-0.2, -0.15) is 0 Å². The Labute approximate surface area is 165 Å². The van der Waals surface area contributed by atoms with Crippen LogP contribution in [0.3, 0.4) is 0 Å². The molecule has 2 amide bonds. The molecule has 4 rings (SSSR count). The standard InChI is InChI=1S/C20H17N3O4S/c1-11-18(24)21-15-9-13(5-8-17(15)27-11)16-10-28-20(22-16)23-19(25)12-3-6-14(26-2)7-4-12/h3-11H,1-2H3,(H,21,24)(H,22,23,25)/t11-/m1/s1. The van der Waals surface area contributed by atoms with E-state index in [1.54, 1.807) is 44.4 Å². The maximum absolute atomic E-state index is 12.4. The topological polar surface area (TPSA) is 89.5 Å². The molecule has 1 atom stereocenters. The van der Waals surface area contributed by atoms with Crippen molar-refractivity contribution in [2.75, 3.05) is 17.7 Å². The molecule has 0 radical (unpaired) electrons. The smallest absolute Gasteiger partial charge is 0.265 e. The highest BCUT2D eigenvalue weighted by atomic mass is 32.1. The number of hydrogen-bond acceptors (Lipinski definition) is 6. The quantitative estimate of drug-likeness (QED) is 0.702. The van der Waals surface area contributed by atoms with E-state index in [1.165, 1.54) is 11.3 Å². The normalized spacial score (nSPS) is 15.2. The lowest BCUT2D eigenvalue weighted by Gasteiger charge is -2.23. The zero-order valence-electron chi connectivity index (χ0n) is 15.2. The van der Waals surface area contributed by atoms with Crippen molar-refractivity contribution in [1.29, 1.82) is 0 Å². The lowest BCUT2D eigenvalue weighted by Crippen LogP contribution is -2.34. The van der Waals surface area contributed by atoms with Crippen molar-refractivity contribution in [1.82, 2.24) is 4.98 Å². The van der Waals surface area contributed by atoms with Gasteiger partial charge in [0.1, 0.15) is 11.5 Å². The fourth-order valence-corrected chi connectivity index (χ4v) is 3.46. The first kappa shape index (κ1) is 18.0. The van der Waals surface area contributed by atoms with Crippen molar-refractivity contribution < 1.29 is 19.1 Å². The molecule has 2 heterocycles. The molecular weight excluding hydrogens is 378 g/mol. The van der Waals surface area contributed by atoms with Crippen molar-refractivity contribution in [3.8, 4) is 22.8 Å². The van der Waals surface area contributed by atoms with Crippen LogP contribution < -0.4 is 20.1 Å². The molecule has 3 aromatic rings. The number of nitrogens with one attached hydrogen (secondary N) is 2. The molecular formula is C20H17N3O4S. The Morgan fingerprint density at radius 1 is 1.25 bits per heavy atom. The second-order valence-electron chi connectivity index (χ2n) is 6.18. The van der Waals surface area contributed by atoms with Gasteiger partial charge in [0, 0.05) is 16.5 Å². The van der Waals surface area contributed by atoms with Gasteiger partial charge in [0.15, 0.2) is 11.2 Å². The van der Waals surface area contributed by atoms with Crippen molar-refractivity contribution in [2.45, 2.75) is 13.0 Å². The average molecular weight is 395 g/mol. The zero-order valence-corrected chi connectivity index (χ0v) is 16.0. The number of fused-ring (bicyclic) bond motifs is 1. The average Bonchev–Trinajstić information content (AvgIpc) is 3.17. The molecule has 0 saturated carbocycles. The third kappa shape index (κ3) is 3.54. The third-order valence-electron chi connectivity index (χ3n) is 4.28. The first-order valence-electron chi connectivity index (χ1n) is 8.56. The second kappa shape index (κ2) is 7.32. The number of benzene rings is 2. The van der Waals surface area contributed by atoms with Gasteiger partial charge in [0.2, 0.25) is 0 Å². The highest BCUT2D eigenvalue weighted by Gasteiger charge is 2.24. The molecule has 0 fully saturated rings. The SMILES string of the molecule is COc1ccc(C(=O)Nc2nc(-c3ccc4c(c3)NC(=O)[C@@H](C)O4)cs2)cc1. The van der Waals surface area contributed by atoms with Crippen LogP contribution in [-0.4, -0.2) is 30.0 Å². The fraction of sp³-hybridized carbons (Fsp3) is 0.150. The molecule has 1 aromatic heterocycles. The maximum Gasteiger partial charge on any atom is 0.265 e. The monoisotopic (exact) mass is 395 g/mol. The molecule has 0 bridgehead atoms. The first-order chi connectivity index (χ1) is 13.5. The first-order valence-corrected chi connectivity index (χ1v) is 9.44. The minimum Gasteiger partial charge on any atom is -0.497 e. The summed E-state index contributed by atoms with van der Waals surface area (Å²) in [4.78, 5) is 28.6. The fourth-order valence-electron chi connectivity index (χ4n) is 2.74. The largest absolute Gasteiger partial charge is 0.497 e. The van der Waals surface area contributed by atoms with Gasteiger partial charge in [-0.1, -0.05) is 0 Å². The van der Waals surface area contributed by atoms with E-state index in [1.807, 2.05) is 17.5 Å². The van der Waals surface area contributed by atoms with Gasteiger partial charge in [-0.3, -0.25) is 14.9 Å². The third-order valence-corrected chi connectivity index (χ3v) is 5.04. The molecule has 28 heavy (non-hydrogen) atoms. The lowest BCUT2D eigenvalue weighted by molar-refractivity contribution is -0.122. The minimum atomic E-state index is -0.516. The molecule has 1 aliphatic heterocycles. The molecule has 1 aliphatic rings. The Morgan fingerprint density at radius 3 is 2.79 bits per heavy atom. The Bertz CT molecular complexity index is 1050. The molecule has 0 unspecified atom stereocenters. The molecule has 0 spiro atoms. The summed E-state index contributed by atoms with van der Waals surface area (Å²) >= 11 is 1.33. The molecule has 7 nitrogen and oxygen atoms in total. The number of anilines is 2. The van der Waals surface area contributed by atoms with Gasteiger partial charge in [-0.25, -0.2) is 4.98 Å². The predicted molar refractivity (Wildman–Crippen MR) is 107 cm³/mol. The van der Waals surface area contributed by atoms with E-state index in [0.717, 1.165) is 5.56 Å². The van der Waals surface area contributed by atoms with Gasteiger partial charge in [0.25, 0.3) is 11.8 Å². The van der Waals surface area contributed by atoms with Crippen LogP contribution in [0, 0.1) is 0 Å². The summed E-state index contributed by atoms with van der Waals surface area (Å²) in [5, 5.41) is 7.95. The van der Waals surface area contributed by atoms with Crippen molar-refractivity contribution in [3.63, 3.8) is 0 Å². The van der Waals surface area contributed by atoms with Crippen LogP contribution in [0.2, 0.25) is 0 Å². The van der Waals surface area contributed by atoms with E-state index in [2.05, 4.69) is 15.6 Å². The second-order valence-corrected chi connectivity index (χ2v) is 7.04. The molecule has 142 valence electrons. The zero-order chi connectivity index (χ0) is 19.7. The molecule has 0 aliphatic carbocycles. The van der Waals surface area contributed by atoms with Crippen molar-refractivity contribution >= 4 is 34.0 Å². The number of methoxy groups -OCH3 is 1. The highest BCUT2D eigenvalue weighted by molar-refractivity contribution is 7.14. The van der Waals surface area contributed by atoms with Crippen LogP contribution in [0.15, 0.2) is 47.8 Å². The minimum absolute atomic E-state index is 0.185. The molecule has 2 N–H and O–H groups in total. The van der Waals surface area contributed by atoms with E-state index in [4.69, 9.17) is 9.47 Å². The van der Waals surface area contributed by atoms with Crippen molar-refractivity contribution in [3.05, 3.63) is 53.4 Å². The Kier molecular flexibility index (Phi) is 4.70. The lowest BCUT2D eigenvalue weighted by atomic mass is 10.1. The van der Waals surface area contributed by atoms with Gasteiger partial charge in [-0.05, 0) is 49.4 Å². The van der Waals surface area contributed by atoms with E-state index >= 15 is 0 Å². The highest BCUT2D eigenvalue weighted by Crippen LogP contribution is 2.35. The number of rotatable bonds is 4. The molecule has 2 aromatic carbocycles. The van der Waals surface area contributed by atoms with Crippen LogP contribution in [0.5, 0.6) is 11.5 Å². The summed E-state index contributed by atoms with van der Waals surface area (Å²) < 4.78 is 10.7. The Balaban J connectivity index is 1.50. The summed E-state index contributed by atoms with van der Waals surface area (Å²) in [6, 6.07) is 12.3. The number of aromatic nitrogens is 1. The summed E-state index contributed by atoms with van der Waals surface area (Å²) in [6.07, 6.45) is -0.516. The van der Waals surface area contributed by atoms with Crippen LogP contribution in [0.25, 0.3) is 11.3 Å². The Morgan fingerprint density at radius 2 is 2.04 bits per heavy atom. The summed E-state index contributed by atoms with van der Waals surface area (Å²) in [7, 11) is 1.57. The number of carbonyl (C=O) groups is 2. The molecule has 8 heteroatoms. The van der Waals surface area contributed by atoms with E-state index in [0.29, 0.717) is 33.6 Å². The van der Waals surface area contributed by atoms with Gasteiger partial charge in [0.05, 0.1) is 18.5 Å². The number of carbonyl (C=O) groups excluding carboxylic acids is 2. The summed E-state index contributed by atoms with van der Waals surface area (Å²) in [5.41, 5.74) is 2.64. The van der Waals surface area contributed by atoms with Crippen LogP contribution in [0.1, 0.15) is 17.3 Å². The predicted octanol–water partition coefficient (Wildman–Crippen LogP) is 3.79. The Hall–Kier alpha value is -3.39.